The molecule has 0 aliphatic carbocycles. The Morgan fingerprint density at radius 1 is 0.966 bits per heavy atom. The third-order valence-electron chi connectivity index (χ3n) is 4.95. The summed E-state index contributed by atoms with van der Waals surface area (Å²) in [6, 6.07) is 13.5. The summed E-state index contributed by atoms with van der Waals surface area (Å²) in [5.41, 5.74) is 2.28. The minimum absolute atomic E-state index is 0.0563. The van der Waals surface area contributed by atoms with Crippen LogP contribution < -0.4 is 24.4 Å². The van der Waals surface area contributed by atoms with E-state index < -0.39 is 0 Å². The Bertz CT molecular complexity index is 802. The first kappa shape index (κ1) is 20.6. The minimum atomic E-state index is -0.0563. The first-order valence-electron chi connectivity index (χ1n) is 9.80. The fraction of sp³-hybridized carbons (Fsp3) is 0.409. The molecule has 2 amide bonds. The van der Waals surface area contributed by atoms with Crippen LogP contribution in [0.25, 0.3) is 0 Å². The van der Waals surface area contributed by atoms with Gasteiger partial charge < -0.3 is 29.3 Å². The van der Waals surface area contributed by atoms with Crippen molar-refractivity contribution in [3.63, 3.8) is 0 Å². The van der Waals surface area contributed by atoms with Crippen LogP contribution in [0.5, 0.6) is 17.2 Å². The van der Waals surface area contributed by atoms with Crippen LogP contribution in [0, 0.1) is 6.92 Å². The number of anilines is 1. The second kappa shape index (κ2) is 9.91. The van der Waals surface area contributed by atoms with Crippen molar-refractivity contribution < 1.29 is 19.0 Å². The van der Waals surface area contributed by atoms with Crippen molar-refractivity contribution in [1.82, 2.24) is 10.2 Å². The van der Waals surface area contributed by atoms with Gasteiger partial charge >= 0.3 is 6.03 Å². The van der Waals surface area contributed by atoms with E-state index in [2.05, 4.69) is 23.2 Å². The zero-order valence-corrected chi connectivity index (χ0v) is 17.3. The zero-order chi connectivity index (χ0) is 20.6. The van der Waals surface area contributed by atoms with Gasteiger partial charge in [-0.1, -0.05) is 6.07 Å². The summed E-state index contributed by atoms with van der Waals surface area (Å²) in [7, 11) is 3.31. The summed E-state index contributed by atoms with van der Waals surface area (Å²) in [6.45, 7) is 5.83. The van der Waals surface area contributed by atoms with Crippen LogP contribution in [-0.4, -0.2) is 64.5 Å². The molecule has 2 aromatic rings. The summed E-state index contributed by atoms with van der Waals surface area (Å²) < 4.78 is 16.3. The number of hydrogen-bond donors (Lipinski definition) is 1. The Morgan fingerprint density at radius 3 is 2.31 bits per heavy atom. The number of carbonyl (C=O) groups is 1. The lowest BCUT2D eigenvalue weighted by Crippen LogP contribution is -2.52. The molecule has 7 heteroatoms. The lowest BCUT2D eigenvalue weighted by molar-refractivity contribution is 0.191. The number of hydrogen-bond acceptors (Lipinski definition) is 5. The van der Waals surface area contributed by atoms with Gasteiger partial charge in [0.05, 0.1) is 26.5 Å². The van der Waals surface area contributed by atoms with E-state index in [9.17, 15) is 4.79 Å². The molecular formula is C22H29N3O4. The van der Waals surface area contributed by atoms with Crippen molar-refractivity contribution in [2.75, 3.05) is 58.5 Å². The van der Waals surface area contributed by atoms with Crippen LogP contribution in [0.1, 0.15) is 5.56 Å². The molecule has 7 nitrogen and oxygen atoms in total. The van der Waals surface area contributed by atoms with Gasteiger partial charge in [0.2, 0.25) is 0 Å². The number of urea groups is 1. The lowest BCUT2D eigenvalue weighted by Gasteiger charge is -2.36. The molecule has 2 aromatic carbocycles. The fourth-order valence-electron chi connectivity index (χ4n) is 3.31. The number of carbonyl (C=O) groups excluding carboxylic acids is 1. The van der Waals surface area contributed by atoms with Crippen LogP contribution in [-0.2, 0) is 0 Å². The van der Waals surface area contributed by atoms with Crippen molar-refractivity contribution >= 4 is 11.7 Å². The van der Waals surface area contributed by atoms with E-state index in [1.807, 2.05) is 41.3 Å². The Morgan fingerprint density at radius 2 is 1.66 bits per heavy atom. The molecule has 1 aliphatic heterocycles. The smallest absolute Gasteiger partial charge is 0.317 e. The zero-order valence-electron chi connectivity index (χ0n) is 17.3. The molecule has 0 unspecified atom stereocenters. The van der Waals surface area contributed by atoms with E-state index in [4.69, 9.17) is 14.2 Å². The van der Waals surface area contributed by atoms with Crippen molar-refractivity contribution in [1.29, 1.82) is 0 Å². The minimum Gasteiger partial charge on any atom is -0.497 e. The molecule has 0 saturated carbocycles. The average Bonchev–Trinajstić information content (AvgIpc) is 2.77. The number of rotatable bonds is 7. The lowest BCUT2D eigenvalue weighted by atomic mass is 10.1. The number of amides is 2. The number of ether oxygens (including phenoxy) is 3. The number of methoxy groups -OCH3 is 2. The summed E-state index contributed by atoms with van der Waals surface area (Å²) in [5.74, 6) is 2.40. The third kappa shape index (κ3) is 5.47. The molecule has 1 fully saturated rings. The fourth-order valence-corrected chi connectivity index (χ4v) is 3.31. The van der Waals surface area contributed by atoms with Gasteiger partial charge in [0.15, 0.2) is 0 Å². The predicted molar refractivity (Wildman–Crippen MR) is 113 cm³/mol. The first-order chi connectivity index (χ1) is 14.1. The highest BCUT2D eigenvalue weighted by Crippen LogP contribution is 2.30. The molecule has 29 heavy (non-hydrogen) atoms. The highest BCUT2D eigenvalue weighted by Gasteiger charge is 2.22. The van der Waals surface area contributed by atoms with E-state index in [-0.39, 0.29) is 6.03 Å². The van der Waals surface area contributed by atoms with Crippen LogP contribution in [0.3, 0.4) is 0 Å². The average molecular weight is 399 g/mol. The van der Waals surface area contributed by atoms with E-state index in [0.29, 0.717) is 26.2 Å². The molecule has 0 bridgehead atoms. The van der Waals surface area contributed by atoms with E-state index in [0.717, 1.165) is 36.0 Å². The molecule has 156 valence electrons. The summed E-state index contributed by atoms with van der Waals surface area (Å²) >= 11 is 0. The number of benzene rings is 2. The quantitative estimate of drug-likeness (QED) is 0.726. The SMILES string of the molecule is COc1ccc(OCCNC(=O)N2CCN(c3cc(C)ccc3OC)CC2)cc1. The third-order valence-corrected chi connectivity index (χ3v) is 4.95. The topological polar surface area (TPSA) is 63.3 Å². The monoisotopic (exact) mass is 399 g/mol. The van der Waals surface area contributed by atoms with Gasteiger partial charge in [0.25, 0.3) is 0 Å². The van der Waals surface area contributed by atoms with Crippen molar-refractivity contribution in [2.24, 2.45) is 0 Å². The van der Waals surface area contributed by atoms with Gasteiger partial charge in [-0.15, -0.1) is 0 Å². The van der Waals surface area contributed by atoms with Crippen LogP contribution in [0.4, 0.5) is 10.5 Å². The second-order valence-corrected chi connectivity index (χ2v) is 6.91. The molecule has 1 aliphatic rings. The number of aryl methyl sites for hydroxylation is 1. The molecule has 0 spiro atoms. The second-order valence-electron chi connectivity index (χ2n) is 6.91. The molecule has 1 saturated heterocycles. The van der Waals surface area contributed by atoms with Crippen LogP contribution >= 0.6 is 0 Å². The highest BCUT2D eigenvalue weighted by atomic mass is 16.5. The Balaban J connectivity index is 1.41. The van der Waals surface area contributed by atoms with Gasteiger partial charge in [0, 0.05) is 26.2 Å². The number of nitrogens with zero attached hydrogens (tertiary/aromatic N) is 2. The normalized spacial score (nSPS) is 13.8. The summed E-state index contributed by atoms with van der Waals surface area (Å²) in [5, 5.41) is 2.93. The summed E-state index contributed by atoms with van der Waals surface area (Å²) in [4.78, 5) is 16.5. The molecule has 0 aromatic heterocycles. The van der Waals surface area contributed by atoms with Gasteiger partial charge in [-0.3, -0.25) is 0 Å². The number of nitrogens with one attached hydrogen (secondary N) is 1. The number of piperazine rings is 1. The van der Waals surface area contributed by atoms with Crippen LogP contribution in [0.15, 0.2) is 42.5 Å². The molecule has 1 heterocycles. The Kier molecular flexibility index (Phi) is 7.05. The van der Waals surface area contributed by atoms with Gasteiger partial charge in [0.1, 0.15) is 23.9 Å². The van der Waals surface area contributed by atoms with Gasteiger partial charge in [-0.25, -0.2) is 4.79 Å². The summed E-state index contributed by atoms with van der Waals surface area (Å²) in [6.07, 6.45) is 0. The van der Waals surface area contributed by atoms with Crippen molar-refractivity contribution in [3.8, 4) is 17.2 Å². The largest absolute Gasteiger partial charge is 0.497 e. The van der Waals surface area contributed by atoms with Crippen molar-refractivity contribution in [3.05, 3.63) is 48.0 Å². The maximum Gasteiger partial charge on any atom is 0.317 e. The Labute approximate surface area is 172 Å². The maximum absolute atomic E-state index is 12.4. The van der Waals surface area contributed by atoms with E-state index >= 15 is 0 Å². The maximum atomic E-state index is 12.4. The predicted octanol–water partition coefficient (Wildman–Crippen LogP) is 2.92. The van der Waals surface area contributed by atoms with Crippen LogP contribution in [0.2, 0.25) is 0 Å². The Hall–Kier alpha value is -3.09. The molecular weight excluding hydrogens is 370 g/mol. The molecule has 0 radical (unpaired) electrons. The van der Waals surface area contributed by atoms with E-state index in [1.165, 1.54) is 5.56 Å². The molecule has 1 N–H and O–H groups in total. The van der Waals surface area contributed by atoms with Gasteiger partial charge in [-0.2, -0.15) is 0 Å². The standard InChI is InChI=1S/C22H29N3O4/c1-17-4-9-21(28-3)20(16-17)24-11-13-25(14-12-24)22(26)23-10-15-29-19-7-5-18(27-2)6-8-19/h4-9,16H,10-15H2,1-3H3,(H,23,26). The van der Waals surface area contributed by atoms with Crippen molar-refractivity contribution in [2.45, 2.75) is 6.92 Å². The first-order valence-corrected chi connectivity index (χ1v) is 9.80. The van der Waals surface area contributed by atoms with E-state index in [1.54, 1.807) is 14.2 Å². The highest BCUT2D eigenvalue weighted by molar-refractivity contribution is 5.74. The van der Waals surface area contributed by atoms with Gasteiger partial charge in [-0.05, 0) is 48.9 Å². The molecule has 3 rings (SSSR count). The molecule has 0 atom stereocenters.